The van der Waals surface area contributed by atoms with Crippen molar-refractivity contribution in [3.05, 3.63) is 59.7 Å². The molecule has 0 atom stereocenters. The van der Waals surface area contributed by atoms with E-state index in [0.29, 0.717) is 11.6 Å². The van der Waals surface area contributed by atoms with Crippen LogP contribution in [0.2, 0.25) is 0 Å². The first-order chi connectivity index (χ1) is 10.1. The maximum atomic E-state index is 13.1. The lowest BCUT2D eigenvalue weighted by molar-refractivity contribution is 0.372. The fourth-order valence-electron chi connectivity index (χ4n) is 2.76. The molecule has 0 heterocycles. The van der Waals surface area contributed by atoms with Crippen LogP contribution in [0.3, 0.4) is 0 Å². The molecule has 2 aromatic carbocycles. The first kappa shape index (κ1) is 13.9. The first-order valence-electron chi connectivity index (χ1n) is 7.00. The first-order valence-corrected chi connectivity index (χ1v) is 7.00. The van der Waals surface area contributed by atoms with Crippen molar-refractivity contribution in [2.45, 2.75) is 24.8 Å². The fourth-order valence-corrected chi connectivity index (χ4v) is 2.76. The highest BCUT2D eigenvalue weighted by atomic mass is 19.1. The van der Waals surface area contributed by atoms with Crippen LogP contribution in [-0.2, 0) is 0 Å². The van der Waals surface area contributed by atoms with Gasteiger partial charge < -0.3 is 10.1 Å². The zero-order chi connectivity index (χ0) is 14.8. The zero-order valence-electron chi connectivity index (χ0n) is 11.8. The summed E-state index contributed by atoms with van der Waals surface area (Å²) < 4.78 is 31.4. The minimum atomic E-state index is -0.552. The predicted octanol–water partition coefficient (Wildman–Crippen LogP) is 4.33. The third kappa shape index (κ3) is 3.15. The molecule has 0 aliphatic heterocycles. The smallest absolute Gasteiger partial charge is 0.128 e. The Hall–Kier alpha value is -2.10. The lowest BCUT2D eigenvalue weighted by Gasteiger charge is -2.37. The van der Waals surface area contributed by atoms with Gasteiger partial charge in [0, 0.05) is 17.8 Å². The van der Waals surface area contributed by atoms with Gasteiger partial charge in [-0.15, -0.1) is 0 Å². The molecule has 2 nitrogen and oxygen atoms in total. The Bertz CT molecular complexity index is 601. The molecule has 0 amide bonds. The minimum Gasteiger partial charge on any atom is -0.497 e. The van der Waals surface area contributed by atoms with Crippen molar-refractivity contribution in [2.24, 2.45) is 0 Å². The quantitative estimate of drug-likeness (QED) is 0.904. The van der Waals surface area contributed by atoms with Gasteiger partial charge in [-0.2, -0.15) is 0 Å². The Labute approximate surface area is 122 Å². The Kier molecular flexibility index (Phi) is 3.78. The molecule has 1 fully saturated rings. The zero-order valence-corrected chi connectivity index (χ0v) is 11.8. The van der Waals surface area contributed by atoms with E-state index in [0.717, 1.165) is 24.7 Å². The number of benzene rings is 2. The average Bonchev–Trinajstić information content (AvgIpc) is 2.41. The summed E-state index contributed by atoms with van der Waals surface area (Å²) in [7, 11) is 1.65. The molecule has 1 N–H and O–H groups in total. The summed E-state index contributed by atoms with van der Waals surface area (Å²) in [6.45, 7) is 0. The van der Waals surface area contributed by atoms with Crippen molar-refractivity contribution in [2.75, 3.05) is 12.4 Å². The highest BCUT2D eigenvalue weighted by molar-refractivity contribution is 5.45. The van der Waals surface area contributed by atoms with E-state index < -0.39 is 11.6 Å². The van der Waals surface area contributed by atoms with Gasteiger partial charge in [0.25, 0.3) is 0 Å². The Morgan fingerprint density at radius 3 is 2.19 bits per heavy atom. The van der Waals surface area contributed by atoms with Crippen LogP contribution >= 0.6 is 0 Å². The van der Waals surface area contributed by atoms with Crippen molar-refractivity contribution >= 4 is 5.69 Å². The van der Waals surface area contributed by atoms with Gasteiger partial charge in [-0.1, -0.05) is 12.1 Å². The summed E-state index contributed by atoms with van der Waals surface area (Å²) >= 11 is 0. The Morgan fingerprint density at radius 1 is 1.00 bits per heavy atom. The molecule has 0 bridgehead atoms. The average molecular weight is 289 g/mol. The fraction of sp³-hybridized carbons (Fsp3) is 0.294. The highest BCUT2D eigenvalue weighted by Crippen LogP contribution is 2.39. The molecular weight excluding hydrogens is 272 g/mol. The molecule has 0 radical (unpaired) electrons. The molecule has 4 heteroatoms. The van der Waals surface area contributed by atoms with Gasteiger partial charge in [-0.05, 0) is 48.6 Å². The summed E-state index contributed by atoms with van der Waals surface area (Å²) in [5.74, 6) is 0.238. The number of halogens is 2. The largest absolute Gasteiger partial charge is 0.497 e. The number of rotatable bonds is 4. The molecular formula is C17H17F2NO. The topological polar surface area (TPSA) is 21.3 Å². The van der Waals surface area contributed by atoms with E-state index in [1.54, 1.807) is 7.11 Å². The monoisotopic (exact) mass is 289 g/mol. The lowest BCUT2D eigenvalue weighted by atomic mass is 9.76. The highest BCUT2D eigenvalue weighted by Gasteiger charge is 2.30. The van der Waals surface area contributed by atoms with Crippen LogP contribution in [0.5, 0.6) is 5.75 Å². The summed E-state index contributed by atoms with van der Waals surface area (Å²) in [6.07, 6.45) is 1.93. The number of hydrogen-bond donors (Lipinski definition) is 1. The molecule has 110 valence electrons. The number of ether oxygens (including phenoxy) is 1. The molecule has 0 aromatic heterocycles. The normalized spacial score (nSPS) is 20.7. The van der Waals surface area contributed by atoms with Gasteiger partial charge in [0.1, 0.15) is 17.4 Å². The van der Waals surface area contributed by atoms with Gasteiger partial charge >= 0.3 is 0 Å². The van der Waals surface area contributed by atoms with Gasteiger partial charge in [-0.25, -0.2) is 8.78 Å². The molecule has 0 unspecified atom stereocenters. The Morgan fingerprint density at radius 2 is 1.62 bits per heavy atom. The predicted molar refractivity (Wildman–Crippen MR) is 78.7 cm³/mol. The maximum absolute atomic E-state index is 13.1. The van der Waals surface area contributed by atoms with Crippen molar-refractivity contribution in [3.63, 3.8) is 0 Å². The second kappa shape index (κ2) is 5.72. The summed E-state index contributed by atoms with van der Waals surface area (Å²) in [4.78, 5) is 0. The number of anilines is 1. The van der Waals surface area contributed by atoms with E-state index in [9.17, 15) is 8.78 Å². The third-order valence-corrected chi connectivity index (χ3v) is 3.96. The summed E-state index contributed by atoms with van der Waals surface area (Å²) in [6, 6.07) is 11.8. The van der Waals surface area contributed by atoms with E-state index in [2.05, 4.69) is 17.4 Å². The van der Waals surface area contributed by atoms with Gasteiger partial charge in [0.2, 0.25) is 0 Å². The van der Waals surface area contributed by atoms with Crippen molar-refractivity contribution < 1.29 is 13.5 Å². The van der Waals surface area contributed by atoms with E-state index in [-0.39, 0.29) is 6.04 Å². The second-order valence-electron chi connectivity index (χ2n) is 5.44. The van der Waals surface area contributed by atoms with Gasteiger partial charge in [0.15, 0.2) is 0 Å². The van der Waals surface area contributed by atoms with Crippen LogP contribution in [0, 0.1) is 11.6 Å². The third-order valence-electron chi connectivity index (χ3n) is 3.96. The Balaban J connectivity index is 1.57. The van der Waals surface area contributed by atoms with Crippen molar-refractivity contribution in [1.29, 1.82) is 0 Å². The van der Waals surface area contributed by atoms with Crippen molar-refractivity contribution in [1.82, 2.24) is 0 Å². The molecule has 0 spiro atoms. The lowest BCUT2D eigenvalue weighted by Crippen LogP contribution is -2.34. The van der Waals surface area contributed by atoms with Crippen LogP contribution < -0.4 is 10.1 Å². The minimum absolute atomic E-state index is 0.262. The molecule has 0 saturated heterocycles. The SMILES string of the molecule is COc1ccc(C2CC(Nc3cc(F)cc(F)c3)C2)cc1. The molecule has 1 saturated carbocycles. The second-order valence-corrected chi connectivity index (χ2v) is 5.44. The van der Waals surface area contributed by atoms with Crippen molar-refractivity contribution in [3.8, 4) is 5.75 Å². The summed E-state index contributed by atoms with van der Waals surface area (Å²) in [5.41, 5.74) is 1.78. The van der Waals surface area contributed by atoms with Crippen LogP contribution in [-0.4, -0.2) is 13.2 Å². The maximum Gasteiger partial charge on any atom is 0.128 e. The molecule has 2 aromatic rings. The van der Waals surface area contributed by atoms with Gasteiger partial charge in [0.05, 0.1) is 7.11 Å². The van der Waals surface area contributed by atoms with Crippen LogP contribution in [0.25, 0.3) is 0 Å². The molecule has 1 aliphatic rings. The van der Waals surface area contributed by atoms with E-state index in [4.69, 9.17) is 4.74 Å². The van der Waals surface area contributed by atoms with Gasteiger partial charge in [-0.3, -0.25) is 0 Å². The van der Waals surface area contributed by atoms with Crippen LogP contribution in [0.15, 0.2) is 42.5 Å². The molecule has 3 rings (SSSR count). The van der Waals surface area contributed by atoms with Crippen LogP contribution in [0.1, 0.15) is 24.3 Å². The number of methoxy groups -OCH3 is 1. The molecule has 1 aliphatic carbocycles. The molecule has 21 heavy (non-hydrogen) atoms. The van der Waals surface area contributed by atoms with E-state index in [1.807, 2.05) is 12.1 Å². The number of nitrogens with one attached hydrogen (secondary N) is 1. The van der Waals surface area contributed by atoms with E-state index in [1.165, 1.54) is 17.7 Å². The number of hydrogen-bond acceptors (Lipinski definition) is 2. The van der Waals surface area contributed by atoms with Crippen LogP contribution in [0.4, 0.5) is 14.5 Å². The summed E-state index contributed by atoms with van der Waals surface area (Å²) in [5, 5.41) is 3.18. The van der Waals surface area contributed by atoms with E-state index >= 15 is 0 Å². The standard InChI is InChI=1S/C17H17F2NO/c1-21-17-4-2-11(3-5-17)12-6-15(7-12)20-16-9-13(18)8-14(19)10-16/h2-5,8-10,12,15,20H,6-7H2,1H3.